The van der Waals surface area contributed by atoms with Crippen molar-refractivity contribution in [2.45, 2.75) is 65.8 Å². The van der Waals surface area contributed by atoms with Crippen molar-refractivity contribution in [3.63, 3.8) is 0 Å². The second-order valence-corrected chi connectivity index (χ2v) is 6.78. The van der Waals surface area contributed by atoms with E-state index >= 15 is 0 Å². The number of nitrogens with one attached hydrogen (secondary N) is 1. The molecular weight excluding hydrogens is 298 g/mol. The van der Waals surface area contributed by atoms with Crippen molar-refractivity contribution in [1.29, 1.82) is 0 Å². The van der Waals surface area contributed by atoms with Gasteiger partial charge >= 0.3 is 6.09 Å². The fourth-order valence-electron chi connectivity index (χ4n) is 2.63. The molecule has 3 heteroatoms. The number of hydrogen-bond donors (Lipinski definition) is 1. The standard InChI is InChI=1S/C21H33NO2/c1-5-10-20(19-13-7-6-8-14-19)22-21(23)24-16-15-18(4)12-9-11-17(2)3/h6-8,11,13-14,18,20H,5,9-10,12,15-16H2,1-4H3,(H,22,23). The molecule has 1 aromatic rings. The summed E-state index contributed by atoms with van der Waals surface area (Å²) in [6.07, 6.45) is 7.03. The SMILES string of the molecule is CCCC(NC(=O)OCCC(C)CCC=C(C)C)c1ccccc1. The van der Waals surface area contributed by atoms with Crippen molar-refractivity contribution < 1.29 is 9.53 Å². The molecule has 0 fully saturated rings. The molecule has 2 atom stereocenters. The molecule has 0 bridgehead atoms. The zero-order chi connectivity index (χ0) is 17.8. The molecule has 0 heterocycles. The molecule has 0 aliphatic rings. The summed E-state index contributed by atoms with van der Waals surface area (Å²) in [5, 5.41) is 3.00. The summed E-state index contributed by atoms with van der Waals surface area (Å²) >= 11 is 0. The monoisotopic (exact) mass is 331 g/mol. The molecule has 1 aromatic carbocycles. The topological polar surface area (TPSA) is 38.3 Å². The molecule has 134 valence electrons. The van der Waals surface area contributed by atoms with Crippen molar-refractivity contribution in [3.05, 3.63) is 47.5 Å². The smallest absolute Gasteiger partial charge is 0.407 e. The minimum absolute atomic E-state index is 0.0267. The van der Waals surface area contributed by atoms with Crippen LogP contribution in [0.25, 0.3) is 0 Å². The third-order valence-electron chi connectivity index (χ3n) is 4.13. The highest BCUT2D eigenvalue weighted by Gasteiger charge is 2.14. The first-order valence-corrected chi connectivity index (χ1v) is 9.14. The van der Waals surface area contributed by atoms with Crippen LogP contribution in [0.2, 0.25) is 0 Å². The van der Waals surface area contributed by atoms with E-state index in [0.717, 1.165) is 37.7 Å². The molecule has 24 heavy (non-hydrogen) atoms. The molecule has 2 unspecified atom stereocenters. The Morgan fingerprint density at radius 2 is 1.88 bits per heavy atom. The van der Waals surface area contributed by atoms with E-state index in [1.54, 1.807) is 0 Å². The summed E-state index contributed by atoms with van der Waals surface area (Å²) in [5.74, 6) is 0.564. The number of amides is 1. The molecule has 1 amide bonds. The number of carbonyl (C=O) groups is 1. The summed E-state index contributed by atoms with van der Waals surface area (Å²) in [4.78, 5) is 12.0. The largest absolute Gasteiger partial charge is 0.450 e. The molecule has 0 saturated carbocycles. The zero-order valence-corrected chi connectivity index (χ0v) is 15.7. The van der Waals surface area contributed by atoms with E-state index in [1.165, 1.54) is 5.57 Å². The zero-order valence-electron chi connectivity index (χ0n) is 15.7. The molecule has 0 aromatic heterocycles. The van der Waals surface area contributed by atoms with Crippen LogP contribution < -0.4 is 5.32 Å². The van der Waals surface area contributed by atoms with Crippen molar-refractivity contribution in [1.82, 2.24) is 5.32 Å². The Morgan fingerprint density at radius 3 is 2.50 bits per heavy atom. The molecule has 0 saturated heterocycles. The minimum Gasteiger partial charge on any atom is -0.450 e. The Morgan fingerprint density at radius 1 is 1.17 bits per heavy atom. The van der Waals surface area contributed by atoms with Gasteiger partial charge in [0.25, 0.3) is 0 Å². The third kappa shape index (κ3) is 8.76. The highest BCUT2D eigenvalue weighted by Crippen LogP contribution is 2.18. The molecule has 3 nitrogen and oxygen atoms in total. The van der Waals surface area contributed by atoms with Crippen LogP contribution >= 0.6 is 0 Å². The summed E-state index contributed by atoms with van der Waals surface area (Å²) < 4.78 is 5.37. The second-order valence-electron chi connectivity index (χ2n) is 6.78. The maximum Gasteiger partial charge on any atom is 0.407 e. The highest BCUT2D eigenvalue weighted by molar-refractivity contribution is 5.67. The van der Waals surface area contributed by atoms with Gasteiger partial charge in [-0.2, -0.15) is 0 Å². The fourth-order valence-corrected chi connectivity index (χ4v) is 2.63. The Kier molecular flexibility index (Phi) is 9.90. The third-order valence-corrected chi connectivity index (χ3v) is 4.13. The van der Waals surface area contributed by atoms with Crippen LogP contribution in [0.1, 0.15) is 71.4 Å². The first kappa shape index (κ1) is 20.3. The van der Waals surface area contributed by atoms with Crippen molar-refractivity contribution in [3.8, 4) is 0 Å². The van der Waals surface area contributed by atoms with E-state index in [9.17, 15) is 4.79 Å². The van der Waals surface area contributed by atoms with Gasteiger partial charge in [0, 0.05) is 0 Å². The lowest BCUT2D eigenvalue weighted by Crippen LogP contribution is -2.29. The van der Waals surface area contributed by atoms with Crippen molar-refractivity contribution >= 4 is 6.09 Å². The van der Waals surface area contributed by atoms with Crippen LogP contribution in [0, 0.1) is 5.92 Å². The molecule has 0 radical (unpaired) electrons. The van der Waals surface area contributed by atoms with E-state index < -0.39 is 0 Å². The number of allylic oxidation sites excluding steroid dienone is 2. The summed E-state index contributed by atoms with van der Waals surface area (Å²) in [5.41, 5.74) is 2.49. The first-order valence-electron chi connectivity index (χ1n) is 9.14. The molecule has 0 aliphatic heterocycles. The van der Waals surface area contributed by atoms with Crippen LogP contribution in [0.4, 0.5) is 4.79 Å². The predicted molar refractivity (Wildman–Crippen MR) is 101 cm³/mol. The van der Waals surface area contributed by atoms with Gasteiger partial charge < -0.3 is 10.1 Å². The van der Waals surface area contributed by atoms with E-state index in [-0.39, 0.29) is 12.1 Å². The lowest BCUT2D eigenvalue weighted by atomic mass is 10.0. The van der Waals surface area contributed by atoms with Gasteiger partial charge in [-0.05, 0) is 51.0 Å². The fraction of sp³-hybridized carbons (Fsp3) is 0.571. The number of rotatable bonds is 10. The number of hydrogen-bond acceptors (Lipinski definition) is 2. The van der Waals surface area contributed by atoms with Crippen LogP contribution in [0.5, 0.6) is 0 Å². The Labute approximate surface area is 147 Å². The minimum atomic E-state index is -0.311. The van der Waals surface area contributed by atoms with Gasteiger partial charge in [0.1, 0.15) is 0 Å². The number of ether oxygens (including phenoxy) is 1. The van der Waals surface area contributed by atoms with Crippen LogP contribution in [0.3, 0.4) is 0 Å². The van der Waals surface area contributed by atoms with Gasteiger partial charge in [0.2, 0.25) is 0 Å². The Hall–Kier alpha value is -1.77. The van der Waals surface area contributed by atoms with Crippen LogP contribution in [0.15, 0.2) is 42.0 Å². The van der Waals surface area contributed by atoms with E-state index in [0.29, 0.717) is 12.5 Å². The van der Waals surface area contributed by atoms with Crippen molar-refractivity contribution in [2.75, 3.05) is 6.61 Å². The van der Waals surface area contributed by atoms with Gasteiger partial charge in [-0.25, -0.2) is 4.79 Å². The Balaban J connectivity index is 2.32. The molecule has 0 spiro atoms. The van der Waals surface area contributed by atoms with Gasteiger partial charge in [0.15, 0.2) is 0 Å². The first-order chi connectivity index (χ1) is 11.5. The predicted octanol–water partition coefficient (Wildman–Crippen LogP) is 6.03. The van der Waals surface area contributed by atoms with Crippen LogP contribution in [-0.4, -0.2) is 12.7 Å². The second kappa shape index (κ2) is 11.7. The Bertz CT molecular complexity index is 492. The van der Waals surface area contributed by atoms with E-state index in [4.69, 9.17) is 4.74 Å². The van der Waals surface area contributed by atoms with Gasteiger partial charge in [-0.1, -0.05) is 62.2 Å². The van der Waals surface area contributed by atoms with Gasteiger partial charge in [-0.3, -0.25) is 0 Å². The van der Waals surface area contributed by atoms with E-state index in [1.807, 2.05) is 30.3 Å². The average Bonchev–Trinajstić information content (AvgIpc) is 2.55. The lowest BCUT2D eigenvalue weighted by molar-refractivity contribution is 0.134. The molecule has 0 aliphatic carbocycles. The average molecular weight is 331 g/mol. The maximum atomic E-state index is 12.0. The molecule has 1 N–H and O–H groups in total. The summed E-state index contributed by atoms with van der Waals surface area (Å²) in [6.45, 7) is 9.06. The summed E-state index contributed by atoms with van der Waals surface area (Å²) in [6, 6.07) is 10.1. The quantitative estimate of drug-likeness (QED) is 0.532. The van der Waals surface area contributed by atoms with Crippen LogP contribution in [-0.2, 0) is 4.74 Å². The number of alkyl carbamates (subject to hydrolysis) is 1. The number of benzene rings is 1. The van der Waals surface area contributed by atoms with Gasteiger partial charge in [-0.15, -0.1) is 0 Å². The van der Waals surface area contributed by atoms with E-state index in [2.05, 4.69) is 39.1 Å². The van der Waals surface area contributed by atoms with Gasteiger partial charge in [0.05, 0.1) is 12.6 Å². The number of carbonyl (C=O) groups excluding carboxylic acids is 1. The molecular formula is C21H33NO2. The van der Waals surface area contributed by atoms with Crippen molar-refractivity contribution in [2.24, 2.45) is 5.92 Å². The normalized spacial score (nSPS) is 13.0. The summed E-state index contributed by atoms with van der Waals surface area (Å²) in [7, 11) is 0. The highest BCUT2D eigenvalue weighted by atomic mass is 16.5. The lowest BCUT2D eigenvalue weighted by Gasteiger charge is -2.19. The maximum absolute atomic E-state index is 12.0. The molecule has 1 rings (SSSR count).